The Morgan fingerprint density at radius 3 is 2.50 bits per heavy atom. The quantitative estimate of drug-likeness (QED) is 0.739. The Bertz CT molecular complexity index is 919. The highest BCUT2D eigenvalue weighted by atomic mass is 19.1. The van der Waals surface area contributed by atoms with Gasteiger partial charge in [0.15, 0.2) is 5.82 Å². The summed E-state index contributed by atoms with van der Waals surface area (Å²) in [5, 5.41) is 15.4. The zero-order valence-corrected chi connectivity index (χ0v) is 15.6. The third-order valence-corrected chi connectivity index (χ3v) is 5.11. The number of hydrogen-bond acceptors (Lipinski definition) is 4. The largest absolute Gasteiger partial charge is 0.337 e. The van der Waals surface area contributed by atoms with E-state index in [9.17, 15) is 9.18 Å². The number of halogens is 1. The number of amides is 1. The summed E-state index contributed by atoms with van der Waals surface area (Å²) in [5.74, 6) is 1.29. The molecule has 2 aromatic heterocycles. The Hall–Kier alpha value is -3.03. The van der Waals surface area contributed by atoms with Gasteiger partial charge in [-0.15, -0.1) is 10.2 Å². The Labute approximate surface area is 162 Å². The molecule has 1 aliphatic rings. The first kappa shape index (κ1) is 18.3. The van der Waals surface area contributed by atoms with Crippen molar-refractivity contribution in [3.63, 3.8) is 0 Å². The number of nitrogens with zero attached hydrogens (tertiary/aromatic N) is 5. The van der Waals surface area contributed by atoms with Gasteiger partial charge in [-0.25, -0.2) is 4.39 Å². The van der Waals surface area contributed by atoms with Crippen molar-refractivity contribution >= 4 is 5.91 Å². The fourth-order valence-corrected chi connectivity index (χ4v) is 3.59. The maximum atomic E-state index is 13.3. The van der Waals surface area contributed by atoms with Gasteiger partial charge in [0.2, 0.25) is 0 Å². The smallest absolute Gasteiger partial charge is 0.271 e. The topological polar surface area (TPSA) is 79.7 Å². The van der Waals surface area contributed by atoms with Crippen LogP contribution in [0, 0.1) is 5.82 Å². The Morgan fingerprint density at radius 1 is 0.964 bits per heavy atom. The summed E-state index contributed by atoms with van der Waals surface area (Å²) in [4.78, 5) is 14.6. The minimum Gasteiger partial charge on any atom is -0.337 e. The molecule has 8 heteroatoms. The molecule has 3 heterocycles. The molecule has 0 radical (unpaired) electrons. The molecule has 0 spiro atoms. The lowest BCUT2D eigenvalue weighted by molar-refractivity contribution is 0.0747. The van der Waals surface area contributed by atoms with E-state index in [1.165, 1.54) is 12.1 Å². The van der Waals surface area contributed by atoms with E-state index in [-0.39, 0.29) is 11.7 Å². The standard InChI is InChI=1S/C20H23FN6O/c21-16-7-5-15(6-8-16)19-25-24-18-10-14-26(20(28)17-9-11-22-23-17)12-3-1-2-4-13-27(18)19/h5-9,11H,1-4,10,12-14H2,(H,22,23). The average molecular weight is 382 g/mol. The fourth-order valence-electron chi connectivity index (χ4n) is 3.59. The van der Waals surface area contributed by atoms with E-state index in [1.807, 2.05) is 4.90 Å². The van der Waals surface area contributed by atoms with Crippen LogP contribution in [0.5, 0.6) is 0 Å². The second kappa shape index (κ2) is 8.33. The number of nitrogens with one attached hydrogen (secondary N) is 1. The SMILES string of the molecule is O=C(c1ccn[nH]1)N1CCCCCCn2c(nnc2-c2ccc(F)cc2)CC1. The van der Waals surface area contributed by atoms with Crippen LogP contribution in [0.1, 0.15) is 42.0 Å². The molecular weight excluding hydrogens is 359 g/mol. The summed E-state index contributed by atoms with van der Waals surface area (Å²) in [6, 6.07) is 8.03. The molecule has 1 amide bonds. The van der Waals surface area contributed by atoms with Gasteiger partial charge in [0, 0.05) is 37.8 Å². The van der Waals surface area contributed by atoms with Crippen molar-refractivity contribution < 1.29 is 9.18 Å². The molecule has 1 N–H and O–H groups in total. The van der Waals surface area contributed by atoms with Crippen LogP contribution in [-0.2, 0) is 13.0 Å². The van der Waals surface area contributed by atoms with E-state index >= 15 is 0 Å². The molecule has 1 aliphatic heterocycles. The highest BCUT2D eigenvalue weighted by molar-refractivity contribution is 5.92. The second-order valence-electron chi connectivity index (χ2n) is 7.03. The fraction of sp³-hybridized carbons (Fsp3) is 0.400. The van der Waals surface area contributed by atoms with Crippen LogP contribution in [-0.4, -0.2) is 48.9 Å². The molecule has 28 heavy (non-hydrogen) atoms. The minimum atomic E-state index is -0.270. The van der Waals surface area contributed by atoms with Crippen molar-refractivity contribution in [1.29, 1.82) is 0 Å². The molecule has 0 saturated carbocycles. The zero-order chi connectivity index (χ0) is 19.3. The van der Waals surface area contributed by atoms with E-state index in [2.05, 4.69) is 25.0 Å². The predicted molar refractivity (Wildman–Crippen MR) is 102 cm³/mol. The van der Waals surface area contributed by atoms with Crippen LogP contribution in [0.15, 0.2) is 36.5 Å². The molecule has 3 aromatic rings. The molecule has 7 nitrogen and oxygen atoms in total. The van der Waals surface area contributed by atoms with Crippen molar-refractivity contribution in [2.24, 2.45) is 0 Å². The van der Waals surface area contributed by atoms with Crippen molar-refractivity contribution in [1.82, 2.24) is 29.9 Å². The molecule has 0 atom stereocenters. The molecule has 4 rings (SSSR count). The molecule has 0 saturated heterocycles. The van der Waals surface area contributed by atoms with Crippen LogP contribution < -0.4 is 0 Å². The Balaban J connectivity index is 1.58. The molecule has 1 aromatic carbocycles. The second-order valence-corrected chi connectivity index (χ2v) is 7.03. The summed E-state index contributed by atoms with van der Waals surface area (Å²) >= 11 is 0. The van der Waals surface area contributed by atoms with Crippen LogP contribution in [0.4, 0.5) is 4.39 Å². The maximum Gasteiger partial charge on any atom is 0.271 e. The molecule has 0 bridgehead atoms. The monoisotopic (exact) mass is 382 g/mol. The number of aromatic amines is 1. The Morgan fingerprint density at radius 2 is 1.75 bits per heavy atom. The maximum absolute atomic E-state index is 13.3. The molecular formula is C20H23FN6O. The number of fused-ring (bicyclic) bond motifs is 1. The van der Waals surface area contributed by atoms with E-state index in [0.717, 1.165) is 56.0 Å². The van der Waals surface area contributed by atoms with Gasteiger partial charge in [-0.3, -0.25) is 9.89 Å². The van der Waals surface area contributed by atoms with E-state index in [4.69, 9.17) is 0 Å². The van der Waals surface area contributed by atoms with Gasteiger partial charge in [0.05, 0.1) is 0 Å². The average Bonchev–Trinajstić information content (AvgIpc) is 3.36. The number of carbonyl (C=O) groups is 1. The number of carbonyl (C=O) groups excluding carboxylic acids is 1. The zero-order valence-electron chi connectivity index (χ0n) is 15.6. The van der Waals surface area contributed by atoms with Gasteiger partial charge >= 0.3 is 0 Å². The number of rotatable bonds is 2. The van der Waals surface area contributed by atoms with Crippen LogP contribution >= 0.6 is 0 Å². The van der Waals surface area contributed by atoms with Crippen molar-refractivity contribution in [3.05, 3.63) is 53.9 Å². The lowest BCUT2D eigenvalue weighted by Crippen LogP contribution is -2.34. The first-order valence-corrected chi connectivity index (χ1v) is 9.69. The minimum absolute atomic E-state index is 0.0402. The molecule has 0 unspecified atom stereocenters. The summed E-state index contributed by atoms with van der Waals surface area (Å²) in [6.07, 6.45) is 6.35. The third kappa shape index (κ3) is 3.95. The van der Waals surface area contributed by atoms with E-state index < -0.39 is 0 Å². The van der Waals surface area contributed by atoms with Crippen LogP contribution in [0.2, 0.25) is 0 Å². The third-order valence-electron chi connectivity index (χ3n) is 5.11. The highest BCUT2D eigenvalue weighted by Gasteiger charge is 2.20. The predicted octanol–water partition coefficient (Wildman–Crippen LogP) is 3.07. The first-order valence-electron chi connectivity index (χ1n) is 9.69. The number of hydrogen-bond donors (Lipinski definition) is 1. The van der Waals surface area contributed by atoms with Gasteiger partial charge < -0.3 is 9.47 Å². The molecule has 0 fully saturated rings. The summed E-state index contributed by atoms with van der Waals surface area (Å²) in [7, 11) is 0. The van der Waals surface area contributed by atoms with E-state index in [1.54, 1.807) is 24.4 Å². The number of H-pyrrole nitrogens is 1. The number of benzene rings is 1. The summed E-state index contributed by atoms with van der Waals surface area (Å²) in [5.41, 5.74) is 1.35. The molecule has 0 aliphatic carbocycles. The number of aromatic nitrogens is 5. The first-order chi connectivity index (χ1) is 13.7. The van der Waals surface area contributed by atoms with Gasteiger partial charge in [0.1, 0.15) is 17.3 Å². The van der Waals surface area contributed by atoms with Crippen molar-refractivity contribution in [2.75, 3.05) is 13.1 Å². The Kier molecular flexibility index (Phi) is 5.45. The summed E-state index contributed by atoms with van der Waals surface area (Å²) in [6.45, 7) is 2.11. The van der Waals surface area contributed by atoms with Gasteiger partial charge in [0.25, 0.3) is 5.91 Å². The highest BCUT2D eigenvalue weighted by Crippen LogP contribution is 2.21. The summed E-state index contributed by atoms with van der Waals surface area (Å²) < 4.78 is 15.4. The van der Waals surface area contributed by atoms with Crippen molar-refractivity contribution in [3.8, 4) is 11.4 Å². The van der Waals surface area contributed by atoms with Gasteiger partial charge in [-0.05, 0) is 43.2 Å². The lowest BCUT2D eigenvalue weighted by atomic mass is 10.1. The van der Waals surface area contributed by atoms with Crippen molar-refractivity contribution in [2.45, 2.75) is 38.6 Å². The van der Waals surface area contributed by atoms with E-state index in [0.29, 0.717) is 18.7 Å². The lowest BCUT2D eigenvalue weighted by Gasteiger charge is -2.21. The van der Waals surface area contributed by atoms with Crippen LogP contribution in [0.25, 0.3) is 11.4 Å². The van der Waals surface area contributed by atoms with Crippen LogP contribution in [0.3, 0.4) is 0 Å². The normalized spacial score (nSPS) is 15.7. The van der Waals surface area contributed by atoms with Gasteiger partial charge in [-0.1, -0.05) is 12.8 Å². The van der Waals surface area contributed by atoms with Gasteiger partial charge in [-0.2, -0.15) is 5.10 Å². The molecule has 146 valence electrons.